The fraction of sp³-hybridized carbons (Fsp3) is 0.500. The van der Waals surface area contributed by atoms with Crippen LogP contribution < -0.4 is 10.2 Å². The summed E-state index contributed by atoms with van der Waals surface area (Å²) >= 11 is -1.82. The van der Waals surface area contributed by atoms with E-state index in [0.29, 0.717) is 0 Å². The van der Waals surface area contributed by atoms with Crippen molar-refractivity contribution in [2.45, 2.75) is 27.7 Å². The number of carbonyl (C=O) groups is 4. The van der Waals surface area contributed by atoms with Gasteiger partial charge in [0.15, 0.2) is 0 Å². The molecule has 0 saturated carbocycles. The molecule has 0 rings (SSSR count). The number of carbonyl (C=O) groups excluding carboxylic acids is 4. The molecule has 0 aromatic rings. The summed E-state index contributed by atoms with van der Waals surface area (Å²) in [6, 6.07) is 0. The van der Waals surface area contributed by atoms with E-state index in [-0.39, 0.29) is 35.0 Å². The van der Waals surface area contributed by atoms with Crippen LogP contribution >= 0.6 is 0 Å². The predicted octanol–water partition coefficient (Wildman–Crippen LogP) is -3.22. The summed E-state index contributed by atoms with van der Waals surface area (Å²) in [7, 11) is 0. The van der Waals surface area contributed by atoms with Crippen LogP contribution in [0.5, 0.6) is 0 Å². The first-order valence-corrected chi connectivity index (χ1v) is 7.22. The van der Waals surface area contributed by atoms with Crippen molar-refractivity contribution < 1.29 is 34.8 Å². The topological polar surface area (TPSA) is 133 Å². The molecule has 0 N–H and O–H groups in total. The van der Waals surface area contributed by atoms with Crippen LogP contribution in [0.3, 0.4) is 0 Å². The van der Waals surface area contributed by atoms with Crippen LogP contribution in [0.4, 0.5) is 0 Å². The van der Waals surface area contributed by atoms with Crippen LogP contribution in [0.1, 0.15) is 27.7 Å². The second-order valence-electron chi connectivity index (χ2n) is 2.25. The van der Waals surface area contributed by atoms with Gasteiger partial charge < -0.3 is 19.8 Å². The SMILES string of the molecule is CC(=O)[O-].CC(=O)[O-].CC(=O)[O][Pb][O]C(C)=O.[Mg+2]. The van der Waals surface area contributed by atoms with Gasteiger partial charge in [-0.25, -0.2) is 0 Å². The average Bonchev–Trinajstić information content (AvgIpc) is 1.99. The van der Waals surface area contributed by atoms with Gasteiger partial charge in [0.2, 0.25) is 0 Å². The zero-order valence-electron chi connectivity index (χ0n) is 10.5. The molecule has 10 heteroatoms. The summed E-state index contributed by atoms with van der Waals surface area (Å²) in [5.74, 6) is -2.92. The van der Waals surface area contributed by atoms with E-state index in [1.165, 1.54) is 13.8 Å². The fourth-order valence-electron chi connectivity index (χ4n) is 0.138. The Morgan fingerprint density at radius 2 is 0.944 bits per heavy atom. The van der Waals surface area contributed by atoms with Gasteiger partial charge in [-0.15, -0.1) is 0 Å². The van der Waals surface area contributed by atoms with Crippen LogP contribution in [0.15, 0.2) is 0 Å². The molecule has 98 valence electrons. The van der Waals surface area contributed by atoms with E-state index in [1.54, 1.807) is 0 Å². The second-order valence-corrected chi connectivity index (χ2v) is 4.49. The summed E-state index contributed by atoms with van der Waals surface area (Å²) in [5, 5.41) is 17.8. The molecule has 18 heavy (non-hydrogen) atoms. The molecule has 0 spiro atoms. The van der Waals surface area contributed by atoms with E-state index in [1.807, 2.05) is 0 Å². The molecular weight excluding hydrogens is 456 g/mol. The number of hydrogen-bond acceptors (Lipinski definition) is 8. The number of hydrogen-bond donors (Lipinski definition) is 0. The van der Waals surface area contributed by atoms with Crippen molar-refractivity contribution in [1.29, 1.82) is 0 Å². The maximum Gasteiger partial charge on any atom is 2.00 e. The van der Waals surface area contributed by atoms with Gasteiger partial charge in [0.25, 0.3) is 0 Å². The summed E-state index contributed by atoms with van der Waals surface area (Å²) in [6.07, 6.45) is 0. The van der Waals surface area contributed by atoms with E-state index in [2.05, 4.69) is 5.37 Å². The predicted molar refractivity (Wildman–Crippen MR) is 56.4 cm³/mol. The molecule has 0 aliphatic heterocycles. The van der Waals surface area contributed by atoms with Crippen molar-refractivity contribution in [1.82, 2.24) is 0 Å². The van der Waals surface area contributed by atoms with Crippen molar-refractivity contribution in [3.8, 4) is 0 Å². The first kappa shape index (κ1) is 26.2. The first-order chi connectivity index (χ1) is 7.59. The molecule has 0 aromatic heterocycles. The van der Waals surface area contributed by atoms with Crippen molar-refractivity contribution >= 4 is 72.1 Å². The van der Waals surface area contributed by atoms with Crippen LogP contribution in [0.2, 0.25) is 0 Å². The van der Waals surface area contributed by atoms with E-state index in [9.17, 15) is 9.59 Å². The maximum atomic E-state index is 10.1. The van der Waals surface area contributed by atoms with Crippen LogP contribution in [0.25, 0.3) is 0 Å². The quantitative estimate of drug-likeness (QED) is 0.387. The van der Waals surface area contributed by atoms with Crippen molar-refractivity contribution in [3.05, 3.63) is 0 Å². The molecular formula is C8H12MgO8Pb. The normalized spacial score (nSPS) is 6.89. The zero-order chi connectivity index (χ0) is 14.4. The summed E-state index contributed by atoms with van der Waals surface area (Å²) in [6.45, 7) is 4.52. The first-order valence-electron chi connectivity index (χ1n) is 4.04. The van der Waals surface area contributed by atoms with Crippen LogP contribution in [-0.4, -0.2) is 72.1 Å². The van der Waals surface area contributed by atoms with Gasteiger partial charge in [0, 0.05) is 11.9 Å². The van der Waals surface area contributed by atoms with E-state index in [0.717, 1.165) is 13.8 Å². The Balaban J connectivity index is -0.0000000922. The molecule has 0 saturated heterocycles. The minimum absolute atomic E-state index is 0. The standard InChI is InChI=1S/4C2H4O2.Mg.Pb/c4*1-2(3)4;;/h4*1H3,(H,3,4);;/q;;;;2*+2/p-4. The van der Waals surface area contributed by atoms with Gasteiger partial charge in [-0.1, -0.05) is 0 Å². The Hall–Kier alpha value is -0.432. The summed E-state index contributed by atoms with van der Waals surface area (Å²) in [4.78, 5) is 37.9. The molecule has 8 nitrogen and oxygen atoms in total. The van der Waals surface area contributed by atoms with E-state index in [4.69, 9.17) is 19.8 Å². The summed E-state index contributed by atoms with van der Waals surface area (Å²) < 4.78 is 8.93. The Morgan fingerprint density at radius 1 is 0.778 bits per heavy atom. The Bertz CT molecular complexity index is 234. The van der Waals surface area contributed by atoms with E-state index < -0.39 is 37.1 Å². The largest absolute Gasteiger partial charge is 2.00 e. The number of carboxylic acid groups (broad SMARTS) is 2. The molecule has 0 aliphatic carbocycles. The maximum absolute atomic E-state index is 10.1. The van der Waals surface area contributed by atoms with Gasteiger partial charge >= 0.3 is 88.9 Å². The monoisotopic (exact) mass is 468 g/mol. The van der Waals surface area contributed by atoms with Crippen LogP contribution in [-0.2, 0) is 24.6 Å². The molecule has 0 unspecified atom stereocenters. The molecule has 0 atom stereocenters. The minimum atomic E-state index is -1.82. The number of carboxylic acids is 2. The molecule has 0 aromatic carbocycles. The molecule has 0 heterocycles. The minimum Gasteiger partial charge on any atom is 2.00 e. The van der Waals surface area contributed by atoms with E-state index >= 15 is 0 Å². The third-order valence-corrected chi connectivity index (χ3v) is 3.25. The molecule has 0 aliphatic rings. The third kappa shape index (κ3) is 107. The van der Waals surface area contributed by atoms with Crippen molar-refractivity contribution in [2.75, 3.05) is 0 Å². The smallest absolute Gasteiger partial charge is 2.00 e. The van der Waals surface area contributed by atoms with Crippen molar-refractivity contribution in [2.24, 2.45) is 0 Å². The number of aliphatic carboxylic acids is 2. The van der Waals surface area contributed by atoms with Gasteiger partial charge in [0.05, 0.1) is 0 Å². The number of rotatable bonds is 2. The van der Waals surface area contributed by atoms with Gasteiger partial charge in [0.1, 0.15) is 0 Å². The Morgan fingerprint density at radius 3 is 1.06 bits per heavy atom. The Kier molecular flexibility index (Phi) is 27.5. The zero-order valence-corrected chi connectivity index (χ0v) is 15.8. The van der Waals surface area contributed by atoms with Gasteiger partial charge in [-0.05, 0) is 13.8 Å². The second kappa shape index (κ2) is 18.9. The van der Waals surface area contributed by atoms with Crippen molar-refractivity contribution in [3.63, 3.8) is 0 Å². The fourth-order valence-corrected chi connectivity index (χ4v) is 1.21. The molecule has 2 radical (unpaired) electrons. The van der Waals surface area contributed by atoms with Gasteiger partial charge in [-0.3, -0.25) is 0 Å². The average molecular weight is 468 g/mol. The molecule has 0 fully saturated rings. The van der Waals surface area contributed by atoms with Gasteiger partial charge in [-0.2, -0.15) is 0 Å². The molecule has 0 amide bonds. The Labute approximate surface area is 134 Å². The summed E-state index contributed by atoms with van der Waals surface area (Å²) in [5.41, 5.74) is 0. The third-order valence-electron chi connectivity index (χ3n) is 0.371. The molecule has 0 bridgehead atoms. The van der Waals surface area contributed by atoms with Crippen LogP contribution in [0, 0.1) is 0 Å².